The van der Waals surface area contributed by atoms with Crippen LogP contribution in [-0.2, 0) is 16.0 Å². The standard InChI is InChI=1S/C22H20N4O2S/c1-14(27)24-17-9-6-15(7-10-17)20-13-29-22(25-20)26-21(28)11-8-16-12-23-19-5-3-2-4-18(16)19/h2-7,9-10,12-13,23H,8,11H2,1H3,(H,24,27)(H,25,26,28). The quantitative estimate of drug-likeness (QED) is 0.430. The Bertz CT molecular complexity index is 1160. The van der Waals surface area contributed by atoms with Gasteiger partial charge >= 0.3 is 0 Å². The Morgan fingerprint density at radius 3 is 2.66 bits per heavy atom. The highest BCUT2D eigenvalue weighted by Crippen LogP contribution is 2.26. The van der Waals surface area contributed by atoms with Gasteiger partial charge in [0.05, 0.1) is 5.69 Å². The number of para-hydroxylation sites is 1. The molecule has 3 N–H and O–H groups in total. The molecular formula is C22H20N4O2S. The molecule has 0 radical (unpaired) electrons. The minimum Gasteiger partial charge on any atom is -0.361 e. The topological polar surface area (TPSA) is 86.9 Å². The number of hydrogen-bond donors (Lipinski definition) is 3. The molecule has 0 saturated carbocycles. The minimum atomic E-state index is -0.107. The van der Waals surface area contributed by atoms with E-state index in [1.807, 2.05) is 54.0 Å². The van der Waals surface area contributed by atoms with Crippen LogP contribution in [0.25, 0.3) is 22.2 Å². The van der Waals surface area contributed by atoms with Gasteiger partial charge in [-0.2, -0.15) is 0 Å². The largest absolute Gasteiger partial charge is 0.361 e. The number of thiazole rings is 1. The summed E-state index contributed by atoms with van der Waals surface area (Å²) in [6, 6.07) is 15.5. The number of anilines is 2. The number of benzene rings is 2. The zero-order valence-corrected chi connectivity index (χ0v) is 16.7. The third-order valence-electron chi connectivity index (χ3n) is 4.55. The molecule has 0 unspecified atom stereocenters. The molecule has 0 bridgehead atoms. The molecule has 2 heterocycles. The molecule has 0 aliphatic rings. The van der Waals surface area contributed by atoms with Crippen molar-refractivity contribution in [3.63, 3.8) is 0 Å². The van der Waals surface area contributed by atoms with Gasteiger partial charge in [0.2, 0.25) is 11.8 Å². The molecule has 146 valence electrons. The van der Waals surface area contributed by atoms with Crippen molar-refractivity contribution in [3.05, 3.63) is 65.7 Å². The van der Waals surface area contributed by atoms with Gasteiger partial charge in [0.15, 0.2) is 5.13 Å². The highest BCUT2D eigenvalue weighted by atomic mass is 32.1. The Morgan fingerprint density at radius 1 is 1.07 bits per heavy atom. The van der Waals surface area contributed by atoms with Gasteiger partial charge in [-0.05, 0) is 30.2 Å². The number of nitrogens with zero attached hydrogens (tertiary/aromatic N) is 1. The van der Waals surface area contributed by atoms with Gasteiger partial charge < -0.3 is 15.6 Å². The third-order valence-corrected chi connectivity index (χ3v) is 5.31. The maximum absolute atomic E-state index is 12.3. The first kappa shape index (κ1) is 18.9. The lowest BCUT2D eigenvalue weighted by Crippen LogP contribution is -2.12. The van der Waals surface area contributed by atoms with Gasteiger partial charge in [-0.15, -0.1) is 11.3 Å². The summed E-state index contributed by atoms with van der Waals surface area (Å²) >= 11 is 1.39. The van der Waals surface area contributed by atoms with Crippen molar-refractivity contribution in [1.29, 1.82) is 0 Å². The lowest BCUT2D eigenvalue weighted by atomic mass is 10.1. The summed E-state index contributed by atoms with van der Waals surface area (Å²) < 4.78 is 0. The van der Waals surface area contributed by atoms with Crippen molar-refractivity contribution < 1.29 is 9.59 Å². The van der Waals surface area contributed by atoms with E-state index in [0.29, 0.717) is 18.0 Å². The number of amides is 2. The van der Waals surface area contributed by atoms with E-state index in [-0.39, 0.29) is 11.8 Å². The van der Waals surface area contributed by atoms with Gasteiger partial charge in [-0.25, -0.2) is 4.98 Å². The number of H-pyrrole nitrogens is 1. The molecule has 0 atom stereocenters. The highest BCUT2D eigenvalue weighted by molar-refractivity contribution is 7.14. The Balaban J connectivity index is 1.36. The van der Waals surface area contributed by atoms with E-state index in [9.17, 15) is 9.59 Å². The molecule has 0 saturated heterocycles. The molecule has 2 aromatic heterocycles. The van der Waals surface area contributed by atoms with E-state index in [1.54, 1.807) is 0 Å². The zero-order valence-electron chi connectivity index (χ0n) is 15.9. The van der Waals surface area contributed by atoms with Gasteiger partial charge in [-0.1, -0.05) is 30.3 Å². The minimum absolute atomic E-state index is 0.0582. The molecule has 7 heteroatoms. The molecule has 0 fully saturated rings. The van der Waals surface area contributed by atoms with E-state index in [0.717, 1.165) is 33.4 Å². The van der Waals surface area contributed by atoms with Gasteiger partial charge in [0, 0.05) is 47.1 Å². The molecule has 2 amide bonds. The molecule has 0 spiro atoms. The van der Waals surface area contributed by atoms with Crippen LogP contribution in [0.4, 0.5) is 10.8 Å². The molecule has 4 rings (SSSR count). The molecule has 29 heavy (non-hydrogen) atoms. The fourth-order valence-electron chi connectivity index (χ4n) is 3.16. The second-order valence-electron chi connectivity index (χ2n) is 6.70. The molecule has 6 nitrogen and oxygen atoms in total. The van der Waals surface area contributed by atoms with E-state index in [1.165, 1.54) is 18.3 Å². The molecular weight excluding hydrogens is 384 g/mol. The Kier molecular flexibility index (Phi) is 5.39. The van der Waals surface area contributed by atoms with Crippen molar-refractivity contribution >= 4 is 44.9 Å². The van der Waals surface area contributed by atoms with Crippen molar-refractivity contribution in [2.24, 2.45) is 0 Å². The van der Waals surface area contributed by atoms with E-state index < -0.39 is 0 Å². The first-order chi connectivity index (χ1) is 14.1. The van der Waals surface area contributed by atoms with Crippen LogP contribution in [0.2, 0.25) is 0 Å². The SMILES string of the molecule is CC(=O)Nc1ccc(-c2csc(NC(=O)CCc3c[nH]c4ccccc34)n2)cc1. The van der Waals surface area contributed by atoms with Gasteiger partial charge in [0.25, 0.3) is 0 Å². The normalized spacial score (nSPS) is 10.8. The Morgan fingerprint density at radius 2 is 1.86 bits per heavy atom. The first-order valence-corrected chi connectivity index (χ1v) is 10.1. The van der Waals surface area contributed by atoms with Crippen LogP contribution in [0.3, 0.4) is 0 Å². The third kappa shape index (κ3) is 4.52. The number of nitrogens with one attached hydrogen (secondary N) is 3. The van der Waals surface area contributed by atoms with Crippen LogP contribution in [0.5, 0.6) is 0 Å². The number of carbonyl (C=O) groups is 2. The fourth-order valence-corrected chi connectivity index (χ4v) is 3.90. The van der Waals surface area contributed by atoms with Crippen LogP contribution < -0.4 is 10.6 Å². The van der Waals surface area contributed by atoms with E-state index in [2.05, 4.69) is 26.7 Å². The first-order valence-electron chi connectivity index (χ1n) is 9.27. The summed E-state index contributed by atoms with van der Waals surface area (Å²) in [6.07, 6.45) is 3.02. The van der Waals surface area contributed by atoms with Crippen LogP contribution in [0.1, 0.15) is 18.9 Å². The molecule has 0 aliphatic heterocycles. The summed E-state index contributed by atoms with van der Waals surface area (Å²) in [4.78, 5) is 31.2. The van der Waals surface area contributed by atoms with Crippen LogP contribution in [0.15, 0.2) is 60.1 Å². The zero-order chi connectivity index (χ0) is 20.2. The van der Waals surface area contributed by atoms with Crippen molar-refractivity contribution in [3.8, 4) is 11.3 Å². The number of aromatic nitrogens is 2. The molecule has 2 aromatic carbocycles. The van der Waals surface area contributed by atoms with Crippen LogP contribution in [-0.4, -0.2) is 21.8 Å². The second-order valence-corrected chi connectivity index (χ2v) is 7.56. The maximum atomic E-state index is 12.3. The summed E-state index contributed by atoms with van der Waals surface area (Å²) in [7, 11) is 0. The number of hydrogen-bond acceptors (Lipinski definition) is 4. The predicted octanol–water partition coefficient (Wildman–Crippen LogP) is 4.82. The smallest absolute Gasteiger partial charge is 0.226 e. The average Bonchev–Trinajstić information content (AvgIpc) is 3.34. The van der Waals surface area contributed by atoms with Gasteiger partial charge in [0.1, 0.15) is 0 Å². The Labute approximate surface area is 172 Å². The lowest BCUT2D eigenvalue weighted by molar-refractivity contribution is -0.116. The Hall–Kier alpha value is -3.45. The number of fused-ring (bicyclic) bond motifs is 1. The summed E-state index contributed by atoms with van der Waals surface area (Å²) in [5.74, 6) is -0.166. The maximum Gasteiger partial charge on any atom is 0.226 e. The van der Waals surface area contributed by atoms with Crippen molar-refractivity contribution in [2.75, 3.05) is 10.6 Å². The summed E-state index contributed by atoms with van der Waals surface area (Å²) in [5, 5.41) is 9.25. The van der Waals surface area contributed by atoms with Gasteiger partial charge in [-0.3, -0.25) is 9.59 Å². The predicted molar refractivity (Wildman–Crippen MR) is 117 cm³/mol. The number of carbonyl (C=O) groups excluding carboxylic acids is 2. The second kappa shape index (κ2) is 8.28. The lowest BCUT2D eigenvalue weighted by Gasteiger charge is -2.03. The van der Waals surface area contributed by atoms with E-state index in [4.69, 9.17) is 0 Å². The van der Waals surface area contributed by atoms with Crippen molar-refractivity contribution in [2.45, 2.75) is 19.8 Å². The van der Waals surface area contributed by atoms with Crippen molar-refractivity contribution in [1.82, 2.24) is 9.97 Å². The fraction of sp³-hybridized carbons (Fsp3) is 0.136. The molecule has 0 aliphatic carbocycles. The highest BCUT2D eigenvalue weighted by Gasteiger charge is 2.10. The average molecular weight is 404 g/mol. The summed E-state index contributed by atoms with van der Waals surface area (Å²) in [6.45, 7) is 1.47. The summed E-state index contributed by atoms with van der Waals surface area (Å²) in [5.41, 5.74) is 4.67. The number of aryl methyl sites for hydroxylation is 1. The van der Waals surface area contributed by atoms with E-state index >= 15 is 0 Å². The van der Waals surface area contributed by atoms with Crippen LogP contribution in [0, 0.1) is 0 Å². The molecule has 4 aromatic rings. The number of rotatable bonds is 6. The van der Waals surface area contributed by atoms with Crippen LogP contribution >= 0.6 is 11.3 Å². The monoisotopic (exact) mass is 404 g/mol. The number of aromatic amines is 1.